The first-order valence-electron chi connectivity index (χ1n) is 8.53. The number of anilines is 1. The van der Waals surface area contributed by atoms with Gasteiger partial charge in [0.1, 0.15) is 5.57 Å². The SMILES string of the molecule is CCOc1c(I)cc(C=C2C(=O)NC(=S)N(c3ccc(Cl)cc3)C2=O)cc1OC. The van der Waals surface area contributed by atoms with Crippen molar-refractivity contribution in [3.05, 3.63) is 56.1 Å². The zero-order valence-electron chi connectivity index (χ0n) is 15.5. The normalized spacial score (nSPS) is 15.5. The summed E-state index contributed by atoms with van der Waals surface area (Å²) >= 11 is 13.2. The van der Waals surface area contributed by atoms with Crippen LogP contribution in [-0.4, -0.2) is 30.6 Å². The summed E-state index contributed by atoms with van der Waals surface area (Å²) < 4.78 is 11.8. The standard InChI is InChI=1S/C20H16ClIN2O4S/c1-3-28-17-15(22)9-11(10-16(17)27-2)8-14-18(25)23-20(29)24(19(14)26)13-6-4-12(21)5-7-13/h4-10H,3H2,1-2H3,(H,23,25,29). The van der Waals surface area contributed by atoms with E-state index in [0.29, 0.717) is 34.4 Å². The number of benzene rings is 2. The molecule has 1 aliphatic rings. The van der Waals surface area contributed by atoms with Crippen LogP contribution in [0.3, 0.4) is 0 Å². The average molecular weight is 543 g/mol. The molecule has 9 heteroatoms. The lowest BCUT2D eigenvalue weighted by molar-refractivity contribution is -0.122. The van der Waals surface area contributed by atoms with E-state index in [2.05, 4.69) is 27.9 Å². The van der Waals surface area contributed by atoms with Gasteiger partial charge < -0.3 is 9.47 Å². The molecule has 0 atom stereocenters. The first kappa shape index (κ1) is 21.5. The molecule has 1 N–H and O–H groups in total. The topological polar surface area (TPSA) is 67.9 Å². The zero-order chi connectivity index (χ0) is 21.1. The van der Waals surface area contributed by atoms with Crippen molar-refractivity contribution in [1.82, 2.24) is 5.32 Å². The maximum atomic E-state index is 13.1. The van der Waals surface area contributed by atoms with Gasteiger partial charge in [0.15, 0.2) is 16.6 Å². The minimum atomic E-state index is -0.562. The number of hydrogen-bond acceptors (Lipinski definition) is 5. The van der Waals surface area contributed by atoms with Gasteiger partial charge in [0.05, 0.1) is 23.0 Å². The molecule has 1 aliphatic heterocycles. The molecule has 3 rings (SSSR count). The lowest BCUT2D eigenvalue weighted by atomic mass is 10.1. The molecule has 6 nitrogen and oxygen atoms in total. The van der Waals surface area contributed by atoms with Crippen molar-refractivity contribution in [2.75, 3.05) is 18.6 Å². The molecule has 1 saturated heterocycles. The quantitative estimate of drug-likeness (QED) is 0.266. The minimum absolute atomic E-state index is 0.0123. The number of ether oxygens (including phenoxy) is 2. The van der Waals surface area contributed by atoms with Gasteiger partial charge in [-0.2, -0.15) is 0 Å². The van der Waals surface area contributed by atoms with Crippen molar-refractivity contribution in [2.45, 2.75) is 6.92 Å². The van der Waals surface area contributed by atoms with Gasteiger partial charge in [0.25, 0.3) is 11.8 Å². The Hall–Kier alpha value is -2.17. The summed E-state index contributed by atoms with van der Waals surface area (Å²) in [5.41, 5.74) is 1.08. The van der Waals surface area contributed by atoms with Gasteiger partial charge in [-0.05, 0) is 89.8 Å². The first-order valence-corrected chi connectivity index (χ1v) is 10.4. The van der Waals surface area contributed by atoms with E-state index < -0.39 is 11.8 Å². The van der Waals surface area contributed by atoms with E-state index in [4.69, 9.17) is 33.3 Å². The van der Waals surface area contributed by atoms with Crippen LogP contribution in [-0.2, 0) is 9.59 Å². The third-order valence-electron chi connectivity index (χ3n) is 4.04. The van der Waals surface area contributed by atoms with Gasteiger partial charge >= 0.3 is 0 Å². The van der Waals surface area contributed by atoms with Crippen LogP contribution in [0.4, 0.5) is 5.69 Å². The molecule has 2 aromatic carbocycles. The van der Waals surface area contributed by atoms with Gasteiger partial charge in [-0.3, -0.25) is 19.8 Å². The number of rotatable bonds is 5. The number of amides is 2. The summed E-state index contributed by atoms with van der Waals surface area (Å²) in [6, 6.07) is 10.1. The van der Waals surface area contributed by atoms with Crippen LogP contribution in [0.1, 0.15) is 12.5 Å². The molecule has 0 radical (unpaired) electrons. The van der Waals surface area contributed by atoms with Crippen molar-refractivity contribution in [2.24, 2.45) is 0 Å². The average Bonchev–Trinajstić information content (AvgIpc) is 2.68. The van der Waals surface area contributed by atoms with Crippen molar-refractivity contribution in [3.63, 3.8) is 0 Å². The predicted octanol–water partition coefficient (Wildman–Crippen LogP) is 4.18. The number of nitrogens with one attached hydrogen (secondary N) is 1. The lowest BCUT2D eigenvalue weighted by Crippen LogP contribution is -2.54. The molecule has 1 fully saturated rings. The molecule has 1 heterocycles. The number of halogens is 2. The number of carbonyl (C=O) groups is 2. The van der Waals surface area contributed by atoms with Gasteiger partial charge in [0, 0.05) is 5.02 Å². The minimum Gasteiger partial charge on any atom is -0.493 e. The van der Waals surface area contributed by atoms with Crippen molar-refractivity contribution < 1.29 is 19.1 Å². The molecule has 0 spiro atoms. The molecule has 0 bridgehead atoms. The summed E-state index contributed by atoms with van der Waals surface area (Å²) in [6.07, 6.45) is 1.50. The lowest BCUT2D eigenvalue weighted by Gasteiger charge is -2.29. The van der Waals surface area contributed by atoms with Crippen LogP contribution in [0.25, 0.3) is 6.08 Å². The fourth-order valence-electron chi connectivity index (χ4n) is 2.76. The number of nitrogens with zero attached hydrogens (tertiary/aromatic N) is 1. The second-order valence-electron chi connectivity index (χ2n) is 5.90. The van der Waals surface area contributed by atoms with Crippen molar-refractivity contribution in [3.8, 4) is 11.5 Å². The predicted molar refractivity (Wildman–Crippen MR) is 125 cm³/mol. The van der Waals surface area contributed by atoms with Crippen molar-refractivity contribution in [1.29, 1.82) is 0 Å². The van der Waals surface area contributed by atoms with Crippen LogP contribution < -0.4 is 19.7 Å². The highest BCUT2D eigenvalue weighted by Gasteiger charge is 2.34. The zero-order valence-corrected chi connectivity index (χ0v) is 19.2. The van der Waals surface area contributed by atoms with Crippen LogP contribution in [0, 0.1) is 3.57 Å². The van der Waals surface area contributed by atoms with Gasteiger partial charge in [-0.1, -0.05) is 11.6 Å². The van der Waals surface area contributed by atoms with E-state index in [9.17, 15) is 9.59 Å². The van der Waals surface area contributed by atoms with E-state index in [1.54, 1.807) is 36.4 Å². The van der Waals surface area contributed by atoms with E-state index in [-0.39, 0.29) is 10.7 Å². The summed E-state index contributed by atoms with van der Waals surface area (Å²) in [5, 5.41) is 3.10. The molecule has 29 heavy (non-hydrogen) atoms. The summed E-state index contributed by atoms with van der Waals surface area (Å²) in [6.45, 7) is 2.37. The van der Waals surface area contributed by atoms with Crippen LogP contribution in [0.2, 0.25) is 5.02 Å². The van der Waals surface area contributed by atoms with Crippen molar-refractivity contribution >= 4 is 75.1 Å². The van der Waals surface area contributed by atoms with Gasteiger partial charge in [0.2, 0.25) is 0 Å². The largest absolute Gasteiger partial charge is 0.493 e. The third-order valence-corrected chi connectivity index (χ3v) is 5.38. The Morgan fingerprint density at radius 3 is 2.55 bits per heavy atom. The number of thiocarbonyl (C=S) groups is 1. The summed E-state index contributed by atoms with van der Waals surface area (Å²) in [5.74, 6) is 0.0393. The van der Waals surface area contributed by atoms with Crippen LogP contribution in [0.5, 0.6) is 11.5 Å². The summed E-state index contributed by atoms with van der Waals surface area (Å²) in [4.78, 5) is 26.8. The van der Waals surface area contributed by atoms with Crippen LogP contribution in [0.15, 0.2) is 42.0 Å². The highest BCUT2D eigenvalue weighted by molar-refractivity contribution is 14.1. The fourth-order valence-corrected chi connectivity index (χ4v) is 3.94. The highest BCUT2D eigenvalue weighted by atomic mass is 127. The molecule has 2 amide bonds. The van der Waals surface area contributed by atoms with E-state index in [0.717, 1.165) is 3.57 Å². The van der Waals surface area contributed by atoms with E-state index >= 15 is 0 Å². The first-order chi connectivity index (χ1) is 13.8. The van der Waals surface area contributed by atoms with Gasteiger partial charge in [-0.15, -0.1) is 0 Å². The molecule has 0 aromatic heterocycles. The molecule has 150 valence electrons. The Morgan fingerprint density at radius 1 is 1.24 bits per heavy atom. The highest BCUT2D eigenvalue weighted by Crippen LogP contribution is 2.35. The second-order valence-corrected chi connectivity index (χ2v) is 7.89. The Labute approximate surface area is 191 Å². The number of carbonyl (C=O) groups excluding carboxylic acids is 2. The maximum Gasteiger partial charge on any atom is 0.270 e. The molecule has 2 aromatic rings. The smallest absolute Gasteiger partial charge is 0.270 e. The Kier molecular flexibility index (Phi) is 6.76. The summed E-state index contributed by atoms with van der Waals surface area (Å²) in [7, 11) is 1.53. The van der Waals surface area contributed by atoms with E-state index in [1.165, 1.54) is 18.1 Å². The maximum absolute atomic E-state index is 13.1. The van der Waals surface area contributed by atoms with Gasteiger partial charge in [-0.25, -0.2) is 0 Å². The Balaban J connectivity index is 2.02. The second kappa shape index (κ2) is 9.10. The van der Waals surface area contributed by atoms with E-state index in [1.807, 2.05) is 6.92 Å². The Morgan fingerprint density at radius 2 is 1.93 bits per heavy atom. The fraction of sp³-hybridized carbons (Fsp3) is 0.150. The molecule has 0 unspecified atom stereocenters. The number of methoxy groups -OCH3 is 1. The Bertz CT molecular complexity index is 1020. The molecule has 0 aliphatic carbocycles. The molecular weight excluding hydrogens is 527 g/mol. The monoisotopic (exact) mass is 542 g/mol. The number of hydrogen-bond donors (Lipinski definition) is 1. The van der Waals surface area contributed by atoms with Crippen LogP contribution >= 0.6 is 46.4 Å². The molecular formula is C20H16ClIN2O4S. The third kappa shape index (κ3) is 4.54. The molecule has 0 saturated carbocycles.